The number of carboxylic acids is 1. The number of halogens is 3. The van der Waals surface area contributed by atoms with Gasteiger partial charge in [-0.3, -0.25) is 10.1 Å². The van der Waals surface area contributed by atoms with Crippen LogP contribution in [0.5, 0.6) is 0 Å². The molecule has 192 valence electrons. The summed E-state index contributed by atoms with van der Waals surface area (Å²) >= 11 is 0. The Morgan fingerprint density at radius 2 is 1.84 bits per heavy atom. The Balaban J connectivity index is 1.67. The maximum Gasteiger partial charge on any atom is 0.416 e. The molecule has 0 saturated heterocycles. The molecule has 3 aromatic carbocycles. The minimum absolute atomic E-state index is 0.0407. The molecule has 0 bridgehead atoms. The van der Waals surface area contributed by atoms with Gasteiger partial charge >= 0.3 is 12.1 Å². The third-order valence-electron chi connectivity index (χ3n) is 6.35. The van der Waals surface area contributed by atoms with Gasteiger partial charge in [0.25, 0.3) is 0 Å². The minimum Gasteiger partial charge on any atom is -0.480 e. The van der Waals surface area contributed by atoms with E-state index in [4.69, 9.17) is 4.42 Å². The topological polar surface area (TPSA) is 95.6 Å². The SMILES string of the molecule is Cc1c(C=Cc2cc(CNC(C)(CO)C(=O)O)ccc2C(F)(F)F)cccc1-c1ccc2ncoc2c1. The van der Waals surface area contributed by atoms with Crippen molar-refractivity contribution in [1.82, 2.24) is 10.3 Å². The number of alkyl halides is 3. The number of carboxylic acid groups (broad SMARTS) is 1. The van der Waals surface area contributed by atoms with Crippen LogP contribution in [0.4, 0.5) is 13.2 Å². The standard InChI is InChI=1S/C28H25F3N2O4/c1-17-19(4-3-5-22(17)20-9-11-24-25(13-20)37-16-32-24)7-8-21-12-18(6-10-23(21)28(29,30)31)14-33-27(2,15-34)26(35)36/h3-13,16,33-34H,14-15H2,1-2H3,(H,35,36). The van der Waals surface area contributed by atoms with Crippen LogP contribution < -0.4 is 5.32 Å². The van der Waals surface area contributed by atoms with Crippen LogP contribution in [0.2, 0.25) is 0 Å². The van der Waals surface area contributed by atoms with E-state index < -0.39 is 29.9 Å². The summed E-state index contributed by atoms with van der Waals surface area (Å²) in [5, 5.41) is 21.4. The Hall–Kier alpha value is -3.95. The van der Waals surface area contributed by atoms with Crippen LogP contribution in [0.25, 0.3) is 34.4 Å². The van der Waals surface area contributed by atoms with Crippen LogP contribution in [-0.2, 0) is 17.5 Å². The summed E-state index contributed by atoms with van der Waals surface area (Å²) in [5.41, 5.74) is 2.76. The first-order valence-corrected chi connectivity index (χ1v) is 11.4. The molecule has 0 fully saturated rings. The lowest BCUT2D eigenvalue weighted by atomic mass is 9.95. The van der Waals surface area contributed by atoms with Gasteiger partial charge in [0.1, 0.15) is 11.1 Å². The number of hydrogen-bond acceptors (Lipinski definition) is 5. The van der Waals surface area contributed by atoms with E-state index in [1.807, 2.05) is 43.3 Å². The third-order valence-corrected chi connectivity index (χ3v) is 6.35. The third kappa shape index (κ3) is 5.58. The van der Waals surface area contributed by atoms with Gasteiger partial charge in [-0.2, -0.15) is 13.2 Å². The molecule has 0 aliphatic carbocycles. The average Bonchev–Trinajstić information content (AvgIpc) is 3.34. The predicted molar refractivity (Wildman–Crippen MR) is 135 cm³/mol. The van der Waals surface area contributed by atoms with Crippen LogP contribution in [0.15, 0.2) is 65.4 Å². The number of oxazole rings is 1. The number of carbonyl (C=O) groups is 1. The number of aliphatic hydroxyl groups excluding tert-OH is 1. The molecule has 0 radical (unpaired) electrons. The Labute approximate surface area is 211 Å². The van der Waals surface area contributed by atoms with Crippen LogP contribution in [0.1, 0.15) is 34.7 Å². The number of fused-ring (bicyclic) bond motifs is 1. The molecule has 1 heterocycles. The van der Waals surface area contributed by atoms with Crippen molar-refractivity contribution in [2.45, 2.75) is 32.1 Å². The first kappa shape index (κ1) is 26.1. The van der Waals surface area contributed by atoms with E-state index in [2.05, 4.69) is 10.3 Å². The highest BCUT2D eigenvalue weighted by molar-refractivity contribution is 5.83. The number of hydrogen-bond donors (Lipinski definition) is 3. The zero-order valence-electron chi connectivity index (χ0n) is 20.1. The molecule has 0 aliphatic heterocycles. The van der Waals surface area contributed by atoms with E-state index in [0.717, 1.165) is 33.8 Å². The maximum absolute atomic E-state index is 13.7. The minimum atomic E-state index is -4.57. The zero-order chi connectivity index (χ0) is 26.8. The number of nitrogens with zero attached hydrogens (tertiary/aromatic N) is 1. The number of benzene rings is 3. The second-order valence-electron chi connectivity index (χ2n) is 8.96. The number of aliphatic hydroxyl groups is 1. The van der Waals surface area contributed by atoms with E-state index in [0.29, 0.717) is 11.1 Å². The van der Waals surface area contributed by atoms with Gasteiger partial charge in [0, 0.05) is 6.54 Å². The molecular weight excluding hydrogens is 485 g/mol. The fraction of sp³-hybridized carbons (Fsp3) is 0.214. The lowest BCUT2D eigenvalue weighted by molar-refractivity contribution is -0.146. The summed E-state index contributed by atoms with van der Waals surface area (Å²) < 4.78 is 46.6. The van der Waals surface area contributed by atoms with Gasteiger partial charge in [0.2, 0.25) is 0 Å². The molecule has 1 unspecified atom stereocenters. The summed E-state index contributed by atoms with van der Waals surface area (Å²) in [6.07, 6.45) is -0.173. The Morgan fingerprint density at radius 3 is 2.54 bits per heavy atom. The number of aliphatic carboxylic acids is 1. The lowest BCUT2D eigenvalue weighted by Crippen LogP contribution is -2.52. The fourth-order valence-corrected chi connectivity index (χ4v) is 3.96. The second-order valence-corrected chi connectivity index (χ2v) is 8.96. The van der Waals surface area contributed by atoms with Gasteiger partial charge in [-0.25, -0.2) is 4.98 Å². The lowest BCUT2D eigenvalue weighted by Gasteiger charge is -2.24. The Kier molecular flexibility index (Phi) is 7.20. The molecule has 4 rings (SSSR count). The summed E-state index contributed by atoms with van der Waals surface area (Å²) in [5.74, 6) is -1.26. The van der Waals surface area contributed by atoms with Crippen LogP contribution in [-0.4, -0.2) is 33.3 Å². The summed E-state index contributed by atoms with van der Waals surface area (Å²) in [7, 11) is 0. The van der Waals surface area contributed by atoms with Crippen molar-refractivity contribution in [3.63, 3.8) is 0 Å². The number of rotatable bonds is 8. The average molecular weight is 511 g/mol. The number of nitrogens with one attached hydrogen (secondary N) is 1. The van der Waals surface area contributed by atoms with Crippen molar-refractivity contribution >= 4 is 29.2 Å². The van der Waals surface area contributed by atoms with Crippen molar-refractivity contribution < 1.29 is 32.6 Å². The Morgan fingerprint density at radius 1 is 1.08 bits per heavy atom. The van der Waals surface area contributed by atoms with Gasteiger partial charge in [-0.1, -0.05) is 42.5 Å². The van der Waals surface area contributed by atoms with Crippen molar-refractivity contribution in [1.29, 1.82) is 0 Å². The Bertz CT molecular complexity index is 1480. The molecule has 37 heavy (non-hydrogen) atoms. The van der Waals surface area contributed by atoms with Gasteiger partial charge in [0.15, 0.2) is 12.0 Å². The molecule has 0 saturated carbocycles. The molecule has 4 aromatic rings. The number of aromatic nitrogens is 1. The van der Waals surface area contributed by atoms with Gasteiger partial charge < -0.3 is 14.6 Å². The highest BCUT2D eigenvalue weighted by Crippen LogP contribution is 2.34. The van der Waals surface area contributed by atoms with Crippen molar-refractivity contribution in [2.75, 3.05) is 6.61 Å². The molecular formula is C28H25F3N2O4. The molecule has 1 aromatic heterocycles. The first-order chi connectivity index (χ1) is 17.5. The molecule has 0 spiro atoms. The molecule has 0 aliphatic rings. The van der Waals surface area contributed by atoms with E-state index in [1.165, 1.54) is 31.5 Å². The van der Waals surface area contributed by atoms with E-state index in [1.54, 1.807) is 6.08 Å². The monoisotopic (exact) mass is 510 g/mol. The molecule has 1 atom stereocenters. The van der Waals surface area contributed by atoms with Crippen LogP contribution in [0.3, 0.4) is 0 Å². The quantitative estimate of drug-likeness (QED) is 0.255. The fourth-order valence-electron chi connectivity index (χ4n) is 3.96. The smallest absolute Gasteiger partial charge is 0.416 e. The first-order valence-electron chi connectivity index (χ1n) is 11.4. The van der Waals surface area contributed by atoms with E-state index in [9.17, 15) is 28.2 Å². The van der Waals surface area contributed by atoms with Gasteiger partial charge in [0.05, 0.1) is 12.2 Å². The van der Waals surface area contributed by atoms with E-state index in [-0.39, 0.29) is 12.1 Å². The highest BCUT2D eigenvalue weighted by Gasteiger charge is 2.34. The van der Waals surface area contributed by atoms with Crippen molar-refractivity contribution in [3.05, 3.63) is 88.8 Å². The normalized spacial score (nSPS) is 13.8. The molecule has 6 nitrogen and oxygen atoms in total. The molecule has 3 N–H and O–H groups in total. The van der Waals surface area contributed by atoms with Crippen molar-refractivity contribution in [2.24, 2.45) is 0 Å². The largest absolute Gasteiger partial charge is 0.480 e. The second kappa shape index (κ2) is 10.2. The van der Waals surface area contributed by atoms with Gasteiger partial charge in [-0.15, -0.1) is 0 Å². The summed E-state index contributed by atoms with van der Waals surface area (Å²) in [6, 6.07) is 14.8. The highest BCUT2D eigenvalue weighted by atomic mass is 19.4. The van der Waals surface area contributed by atoms with E-state index >= 15 is 0 Å². The van der Waals surface area contributed by atoms with Crippen molar-refractivity contribution in [3.8, 4) is 11.1 Å². The summed E-state index contributed by atoms with van der Waals surface area (Å²) in [6.45, 7) is 2.48. The zero-order valence-corrected chi connectivity index (χ0v) is 20.1. The predicted octanol–water partition coefficient (Wildman–Crippen LogP) is 5.92. The maximum atomic E-state index is 13.7. The van der Waals surface area contributed by atoms with Crippen LogP contribution in [0, 0.1) is 6.92 Å². The van der Waals surface area contributed by atoms with Gasteiger partial charge in [-0.05, 0) is 71.5 Å². The summed E-state index contributed by atoms with van der Waals surface area (Å²) in [4.78, 5) is 15.5. The van der Waals surface area contributed by atoms with Crippen LogP contribution >= 0.6 is 0 Å². The molecule has 0 amide bonds. The molecule has 9 heteroatoms.